The van der Waals surface area contributed by atoms with E-state index in [1.807, 2.05) is 179 Å². The summed E-state index contributed by atoms with van der Waals surface area (Å²) < 4.78 is 0. The van der Waals surface area contributed by atoms with Crippen molar-refractivity contribution < 1.29 is 24.6 Å². The molecular formula is C91H137N41O5. The Hall–Kier alpha value is -13.5. The van der Waals surface area contributed by atoms with Crippen molar-refractivity contribution in [1.29, 1.82) is 0 Å². The van der Waals surface area contributed by atoms with Crippen molar-refractivity contribution in [2.45, 2.75) is 305 Å². The van der Waals surface area contributed by atoms with Gasteiger partial charge in [0.25, 0.3) is 0 Å². The number of aliphatic hydroxyl groups excluding tert-OH is 2. The standard InChI is InChI=1S/C12H18N4O.2C10H15N5O.C10H13N5.2C10H16N4O.C9H14N4.C8H12N4.2C6H9N3/c1-4-11(17)10-6-5-7-16(10)12-14-8(2)13-9(3)15-12;2*1-6-12-7(2)14-10(13-6)15-5-3-4-8(15)9(11)16;1-7-12-8(2)14-10(13-7)15-6-4-5-9(15)11-3;2*1-7-11-8(2)13-10(12-7)14-5-3-4-9(14)6-15;1-7-10-8(2)12-9(11-7)13-5-3-4-6-13;1-5-4-12(5)8-10-6(2)9-7(3)11-8;2*1-4-7-5(2)9-6(3)8-4/h10H,4-7H2,1-3H3;2*8H,3-5H2,1-2H3,(H2,11,16);9H,4-6H2,1-2H3;2*9,15H,3-6H2,1-2H3;3-6H2,1-2H3;5H,4H2,1-3H3;2*1-3H3. The Morgan fingerprint density at radius 3 is 0.715 bits per heavy atom. The van der Waals surface area contributed by atoms with E-state index in [1.54, 1.807) is 0 Å². The molecule has 18 rings (SSSR count). The first kappa shape index (κ1) is 107. The molecule has 137 heavy (non-hydrogen) atoms. The van der Waals surface area contributed by atoms with Gasteiger partial charge in [-0.3, -0.25) is 24.1 Å². The highest BCUT2D eigenvalue weighted by Gasteiger charge is 2.37. The number of Topliss-reactive ketones (excluding diaryl/α,β-unsaturated/α-hetero) is 1. The van der Waals surface area contributed by atoms with E-state index in [2.05, 4.69) is 181 Å². The third kappa shape index (κ3) is 33.2. The lowest BCUT2D eigenvalue weighted by molar-refractivity contribution is -0.120. The van der Waals surface area contributed by atoms with Gasteiger partial charge >= 0.3 is 6.17 Å². The maximum atomic E-state index is 11.9. The van der Waals surface area contributed by atoms with E-state index in [0.29, 0.717) is 94.7 Å². The molecule has 2 amide bonds. The van der Waals surface area contributed by atoms with Crippen molar-refractivity contribution in [3.63, 3.8) is 0 Å². The molecule has 6 N–H and O–H groups in total. The molecule has 0 aromatic carbocycles. The number of nitrogens with two attached hydrogens (primary N) is 2. The highest BCUT2D eigenvalue weighted by molar-refractivity contribution is 5.87. The van der Waals surface area contributed by atoms with E-state index in [1.165, 1.54) is 12.8 Å². The van der Waals surface area contributed by atoms with Gasteiger partial charge in [0, 0.05) is 77.8 Å². The number of hydrogen-bond acceptors (Lipinski definition) is 43. The number of hydrogen-bond donors (Lipinski definition) is 4. The Bertz CT molecular complexity index is 5250. The molecule has 8 fully saturated rings. The summed E-state index contributed by atoms with van der Waals surface area (Å²) in [6.45, 7) is 60.8. The Kier molecular flexibility index (Phi) is 40.3. The molecule has 7 unspecified atom stereocenters. The number of amides is 2. The molecule has 46 nitrogen and oxygen atoms in total. The van der Waals surface area contributed by atoms with Gasteiger partial charge in [-0.1, -0.05) is 6.92 Å². The number of carbonyl (C=O) groups excluding carboxylic acids is 3. The van der Waals surface area contributed by atoms with E-state index in [0.717, 1.165) is 229 Å². The topological polar surface area (TPSA) is 560 Å². The van der Waals surface area contributed by atoms with Gasteiger partial charge in [0.05, 0.1) is 31.3 Å². The van der Waals surface area contributed by atoms with E-state index >= 15 is 0 Å². The summed E-state index contributed by atoms with van der Waals surface area (Å²) in [7, 11) is 0. The summed E-state index contributed by atoms with van der Waals surface area (Å²) in [5.74, 6) is 21.6. The third-order valence-electron chi connectivity index (χ3n) is 22.4. The first-order valence-corrected chi connectivity index (χ1v) is 46.8. The van der Waals surface area contributed by atoms with Crippen LogP contribution < -0.4 is 50.7 Å². The average Bonchev–Trinajstić information content (AvgIpc) is 1.66. The van der Waals surface area contributed by atoms with Gasteiger partial charge in [-0.05, 0) is 243 Å². The number of nitrogens with zero attached hydrogens (tertiary/aromatic N) is 39. The summed E-state index contributed by atoms with van der Waals surface area (Å²) in [5.41, 5.74) is 10.7. The van der Waals surface area contributed by atoms with Crippen LogP contribution >= 0.6 is 0 Å². The van der Waals surface area contributed by atoms with Crippen LogP contribution in [0.5, 0.6) is 0 Å². The van der Waals surface area contributed by atoms with Gasteiger partial charge in [0.1, 0.15) is 140 Å². The molecule has 0 bridgehead atoms. The molecule has 8 aliphatic heterocycles. The van der Waals surface area contributed by atoms with Crippen LogP contribution in [0, 0.1) is 159 Å². The largest absolute Gasteiger partial charge is 0.394 e. The minimum atomic E-state index is -0.312. The van der Waals surface area contributed by atoms with Gasteiger partial charge in [-0.2, -0.15) is 79.7 Å². The lowest BCUT2D eigenvalue weighted by atomic mass is 10.1. The summed E-state index contributed by atoms with van der Waals surface area (Å²) >= 11 is 0. The van der Waals surface area contributed by atoms with Gasteiger partial charge < -0.3 is 56.0 Å². The molecule has 46 heteroatoms. The number of carbonyl (C=O) groups is 3. The van der Waals surface area contributed by atoms with E-state index in [4.69, 9.17) is 18.0 Å². The Morgan fingerprint density at radius 2 is 0.474 bits per heavy atom. The van der Waals surface area contributed by atoms with Crippen LogP contribution in [0.4, 0.5) is 47.6 Å². The van der Waals surface area contributed by atoms with E-state index in [-0.39, 0.29) is 67.2 Å². The predicted octanol–water partition coefficient (Wildman–Crippen LogP) is 6.93. The lowest BCUT2D eigenvalue weighted by Gasteiger charge is -2.23. The van der Waals surface area contributed by atoms with Crippen molar-refractivity contribution in [2.75, 3.05) is 111 Å². The number of rotatable bonds is 14. The number of anilines is 8. The lowest BCUT2D eigenvalue weighted by Crippen LogP contribution is -2.41. The second-order valence-electron chi connectivity index (χ2n) is 34.5. The van der Waals surface area contributed by atoms with Crippen LogP contribution in [0.25, 0.3) is 4.85 Å². The number of ketones is 1. The zero-order chi connectivity index (χ0) is 100. The minimum absolute atomic E-state index is 0.0406. The highest BCUT2D eigenvalue weighted by Crippen LogP contribution is 2.30. The van der Waals surface area contributed by atoms with Gasteiger partial charge in [-0.25, -0.2) is 76.3 Å². The fourth-order valence-corrected chi connectivity index (χ4v) is 16.7. The smallest absolute Gasteiger partial charge is 0.300 e. The van der Waals surface area contributed by atoms with Crippen LogP contribution in [0.2, 0.25) is 0 Å². The van der Waals surface area contributed by atoms with Crippen LogP contribution in [0.1, 0.15) is 238 Å². The zero-order valence-corrected chi connectivity index (χ0v) is 84.1. The van der Waals surface area contributed by atoms with Crippen molar-refractivity contribution in [3.8, 4) is 0 Å². The summed E-state index contributed by atoms with van der Waals surface area (Å²) in [4.78, 5) is 180. The molecular weight excluding hydrogens is 1750 g/mol. The summed E-state index contributed by atoms with van der Waals surface area (Å²) in [5, 5.41) is 18.4. The Balaban J connectivity index is 0.000000171. The van der Waals surface area contributed by atoms with E-state index < -0.39 is 0 Å². The zero-order valence-electron chi connectivity index (χ0n) is 84.1. The third-order valence-corrected chi connectivity index (χ3v) is 22.4. The number of aromatic nitrogens is 30. The molecule has 0 radical (unpaired) electrons. The maximum absolute atomic E-state index is 11.9. The molecule has 8 saturated heterocycles. The fourth-order valence-electron chi connectivity index (χ4n) is 16.7. The predicted molar refractivity (Wildman–Crippen MR) is 517 cm³/mol. The molecule has 736 valence electrons. The Morgan fingerprint density at radius 1 is 0.277 bits per heavy atom. The molecule has 10 aromatic rings. The normalized spacial score (nSPS) is 18.7. The molecule has 7 atom stereocenters. The second kappa shape index (κ2) is 51.5. The second-order valence-corrected chi connectivity index (χ2v) is 34.5. The van der Waals surface area contributed by atoms with Crippen LogP contribution in [-0.2, 0) is 14.4 Å². The maximum Gasteiger partial charge on any atom is 0.300 e. The number of aliphatic hydroxyl groups is 2. The summed E-state index contributed by atoms with van der Waals surface area (Å²) in [6, 6.07) is 0.354. The monoisotopic (exact) mass is 1880 g/mol. The van der Waals surface area contributed by atoms with Crippen LogP contribution in [-0.4, -0.2) is 292 Å². The number of primary amides is 2. The average molecular weight is 1890 g/mol. The number of aryl methyl sites for hydroxylation is 22. The SMILES string of the molecule is CCC(=O)C1CCCN1c1nc(C)nc(C)n1.Cc1nc(C)nc(C)n1.Cc1nc(C)nc(C)n1.Cc1nc(C)nc(N2CC2C)n1.Cc1nc(C)nc(N2CCCC2)n1.Cc1nc(C)nc(N2CCCC2C(N)=O)n1.Cc1nc(C)nc(N2CCCC2C(N)=O)n1.Cc1nc(C)nc(N2CCCC2CO)n1.Cc1nc(C)nc(N2CCCC2CO)n1.[C-]#[N+]C1CCCN1c1nc(C)nc(C)n1. The molecule has 8 aliphatic rings. The molecule has 0 aliphatic carbocycles. The minimum Gasteiger partial charge on any atom is -0.394 e. The first-order chi connectivity index (χ1) is 65.2. The first-order valence-electron chi connectivity index (χ1n) is 46.8. The fraction of sp³-hybridized carbons (Fsp3) is 0.626. The molecule has 0 spiro atoms. The van der Waals surface area contributed by atoms with Crippen molar-refractivity contribution in [3.05, 3.63) is 140 Å². The van der Waals surface area contributed by atoms with Crippen molar-refractivity contribution >= 4 is 65.2 Å². The Labute approximate surface area is 802 Å². The van der Waals surface area contributed by atoms with Crippen LogP contribution in [0.15, 0.2) is 0 Å². The van der Waals surface area contributed by atoms with Gasteiger partial charge in [0.15, 0.2) is 5.78 Å². The quantitative estimate of drug-likeness (QED) is 0.0632. The summed E-state index contributed by atoms with van der Waals surface area (Å²) in [6.07, 6.45) is 14.5. The van der Waals surface area contributed by atoms with Crippen molar-refractivity contribution in [2.24, 2.45) is 11.5 Å². The van der Waals surface area contributed by atoms with Crippen LogP contribution in [0.3, 0.4) is 0 Å². The molecule has 10 aromatic heterocycles. The molecule has 18 heterocycles. The van der Waals surface area contributed by atoms with Gasteiger partial charge in [0.2, 0.25) is 59.4 Å². The highest BCUT2D eigenvalue weighted by atomic mass is 16.3. The molecule has 0 saturated carbocycles. The van der Waals surface area contributed by atoms with Gasteiger partial charge in [-0.15, -0.1) is 0 Å². The van der Waals surface area contributed by atoms with Crippen molar-refractivity contribution in [1.82, 2.24) is 150 Å². The van der Waals surface area contributed by atoms with E-state index in [9.17, 15) is 24.6 Å².